The van der Waals surface area contributed by atoms with Crippen LogP contribution in [0, 0.1) is 5.92 Å². The van der Waals surface area contributed by atoms with Crippen LogP contribution >= 0.6 is 0 Å². The molecule has 116 valence electrons. The zero-order valence-electron chi connectivity index (χ0n) is 13.3. The Kier molecular flexibility index (Phi) is 5.56. The highest BCUT2D eigenvalue weighted by molar-refractivity contribution is 5.92. The van der Waals surface area contributed by atoms with Gasteiger partial charge in [-0.3, -0.25) is 9.69 Å². The average Bonchev–Trinajstić information content (AvgIpc) is 2.47. The zero-order chi connectivity index (χ0) is 15.2. The summed E-state index contributed by atoms with van der Waals surface area (Å²) in [6.07, 6.45) is 0. The van der Waals surface area contributed by atoms with Gasteiger partial charge in [-0.25, -0.2) is 4.98 Å². The minimum atomic E-state index is 0.0407. The summed E-state index contributed by atoms with van der Waals surface area (Å²) in [4.78, 5) is 21.2. The topological polar surface area (TPSA) is 48.5 Å². The molecule has 1 fully saturated rings. The van der Waals surface area contributed by atoms with Crippen molar-refractivity contribution in [3.8, 4) is 0 Å². The molecule has 0 bridgehead atoms. The quantitative estimate of drug-likeness (QED) is 0.900. The van der Waals surface area contributed by atoms with Crippen molar-refractivity contribution in [1.82, 2.24) is 14.8 Å². The monoisotopic (exact) mass is 290 g/mol. The SMILES string of the molecule is CCNc1cccc(C(=O)N2CCN(CC(C)C)CC2)n1. The lowest BCUT2D eigenvalue weighted by Crippen LogP contribution is -2.49. The highest BCUT2D eigenvalue weighted by atomic mass is 16.2. The lowest BCUT2D eigenvalue weighted by Gasteiger charge is -2.35. The molecule has 2 heterocycles. The largest absolute Gasteiger partial charge is 0.370 e. The molecular weight excluding hydrogens is 264 g/mol. The number of hydrogen-bond acceptors (Lipinski definition) is 4. The fourth-order valence-electron chi connectivity index (χ4n) is 2.65. The van der Waals surface area contributed by atoms with E-state index in [0.29, 0.717) is 11.6 Å². The Morgan fingerprint density at radius 3 is 2.62 bits per heavy atom. The van der Waals surface area contributed by atoms with Crippen LogP contribution in [-0.2, 0) is 0 Å². The van der Waals surface area contributed by atoms with Crippen molar-refractivity contribution in [2.45, 2.75) is 20.8 Å². The standard InChI is InChI=1S/C16H26N4O/c1-4-17-15-7-5-6-14(18-15)16(21)20-10-8-19(9-11-20)12-13(2)3/h5-7,13H,4,8-12H2,1-3H3,(H,17,18). The minimum absolute atomic E-state index is 0.0407. The number of piperazine rings is 1. The summed E-state index contributed by atoms with van der Waals surface area (Å²) < 4.78 is 0. The van der Waals surface area contributed by atoms with Crippen LogP contribution < -0.4 is 5.32 Å². The molecule has 5 nitrogen and oxygen atoms in total. The fraction of sp³-hybridized carbons (Fsp3) is 0.625. The second kappa shape index (κ2) is 7.41. The smallest absolute Gasteiger partial charge is 0.272 e. The third kappa shape index (κ3) is 4.43. The van der Waals surface area contributed by atoms with Gasteiger partial charge in [0.25, 0.3) is 5.91 Å². The van der Waals surface area contributed by atoms with Crippen molar-refractivity contribution in [1.29, 1.82) is 0 Å². The fourth-order valence-corrected chi connectivity index (χ4v) is 2.65. The van der Waals surface area contributed by atoms with Gasteiger partial charge in [-0.15, -0.1) is 0 Å². The average molecular weight is 290 g/mol. The number of rotatable bonds is 5. The maximum absolute atomic E-state index is 12.5. The summed E-state index contributed by atoms with van der Waals surface area (Å²) in [5.41, 5.74) is 0.533. The first-order valence-corrected chi connectivity index (χ1v) is 7.82. The molecule has 21 heavy (non-hydrogen) atoms. The number of pyridine rings is 1. The van der Waals surface area contributed by atoms with Gasteiger partial charge >= 0.3 is 0 Å². The summed E-state index contributed by atoms with van der Waals surface area (Å²) in [5, 5.41) is 3.14. The summed E-state index contributed by atoms with van der Waals surface area (Å²) in [5.74, 6) is 1.48. The van der Waals surface area contributed by atoms with E-state index in [1.165, 1.54) is 0 Å². The Morgan fingerprint density at radius 1 is 1.29 bits per heavy atom. The number of hydrogen-bond donors (Lipinski definition) is 1. The van der Waals surface area contributed by atoms with Crippen molar-refractivity contribution >= 4 is 11.7 Å². The molecule has 1 N–H and O–H groups in total. The number of amides is 1. The van der Waals surface area contributed by atoms with E-state index in [4.69, 9.17) is 0 Å². The van der Waals surface area contributed by atoms with E-state index in [-0.39, 0.29) is 5.91 Å². The third-order valence-electron chi connectivity index (χ3n) is 3.61. The number of nitrogens with one attached hydrogen (secondary N) is 1. The zero-order valence-corrected chi connectivity index (χ0v) is 13.3. The van der Waals surface area contributed by atoms with E-state index in [9.17, 15) is 4.79 Å². The maximum atomic E-state index is 12.5. The van der Waals surface area contributed by atoms with Gasteiger partial charge in [0.2, 0.25) is 0 Å². The molecule has 0 saturated carbocycles. The highest BCUT2D eigenvalue weighted by Crippen LogP contribution is 2.11. The Balaban J connectivity index is 1.94. The van der Waals surface area contributed by atoms with Gasteiger partial charge in [0.1, 0.15) is 11.5 Å². The summed E-state index contributed by atoms with van der Waals surface area (Å²) in [7, 11) is 0. The van der Waals surface area contributed by atoms with Crippen LogP contribution in [0.3, 0.4) is 0 Å². The number of anilines is 1. The van der Waals surface area contributed by atoms with Gasteiger partial charge in [0.15, 0.2) is 0 Å². The van der Waals surface area contributed by atoms with Crippen LogP contribution in [0.15, 0.2) is 18.2 Å². The highest BCUT2D eigenvalue weighted by Gasteiger charge is 2.23. The van der Waals surface area contributed by atoms with E-state index < -0.39 is 0 Å². The van der Waals surface area contributed by atoms with Crippen LogP contribution in [0.1, 0.15) is 31.3 Å². The number of carbonyl (C=O) groups is 1. The molecule has 0 atom stereocenters. The van der Waals surface area contributed by atoms with Gasteiger partial charge in [-0.05, 0) is 25.0 Å². The molecule has 1 aliphatic rings. The molecule has 5 heteroatoms. The van der Waals surface area contributed by atoms with Crippen molar-refractivity contribution in [2.24, 2.45) is 5.92 Å². The van der Waals surface area contributed by atoms with E-state index in [0.717, 1.165) is 45.1 Å². The molecule has 1 aromatic heterocycles. The Hall–Kier alpha value is -1.62. The molecule has 0 unspecified atom stereocenters. The number of carbonyl (C=O) groups excluding carboxylic acids is 1. The molecule has 1 aliphatic heterocycles. The van der Waals surface area contributed by atoms with E-state index in [2.05, 4.69) is 29.0 Å². The Labute approximate surface area is 127 Å². The van der Waals surface area contributed by atoms with Crippen LogP contribution in [0.2, 0.25) is 0 Å². The second-order valence-corrected chi connectivity index (χ2v) is 5.93. The molecule has 2 rings (SSSR count). The maximum Gasteiger partial charge on any atom is 0.272 e. The molecule has 1 aromatic rings. The van der Waals surface area contributed by atoms with Crippen molar-refractivity contribution in [3.05, 3.63) is 23.9 Å². The lowest BCUT2D eigenvalue weighted by molar-refractivity contribution is 0.0618. The molecular formula is C16H26N4O. The van der Waals surface area contributed by atoms with Gasteiger partial charge in [0, 0.05) is 39.3 Å². The summed E-state index contributed by atoms with van der Waals surface area (Å²) in [6, 6.07) is 5.57. The van der Waals surface area contributed by atoms with E-state index in [1.54, 1.807) is 6.07 Å². The predicted molar refractivity (Wildman–Crippen MR) is 85.6 cm³/mol. The van der Waals surface area contributed by atoms with Crippen molar-refractivity contribution in [2.75, 3.05) is 44.6 Å². The van der Waals surface area contributed by atoms with Gasteiger partial charge in [0.05, 0.1) is 0 Å². The summed E-state index contributed by atoms with van der Waals surface area (Å²) >= 11 is 0. The molecule has 1 saturated heterocycles. The first-order chi connectivity index (χ1) is 10.1. The summed E-state index contributed by atoms with van der Waals surface area (Å²) in [6.45, 7) is 11.9. The third-order valence-corrected chi connectivity index (χ3v) is 3.61. The first-order valence-electron chi connectivity index (χ1n) is 7.82. The number of nitrogens with zero attached hydrogens (tertiary/aromatic N) is 3. The van der Waals surface area contributed by atoms with Crippen LogP contribution in [0.25, 0.3) is 0 Å². The van der Waals surface area contributed by atoms with Crippen LogP contribution in [0.4, 0.5) is 5.82 Å². The van der Waals surface area contributed by atoms with Crippen molar-refractivity contribution < 1.29 is 4.79 Å². The minimum Gasteiger partial charge on any atom is -0.370 e. The van der Waals surface area contributed by atoms with E-state index in [1.807, 2.05) is 24.0 Å². The van der Waals surface area contributed by atoms with Gasteiger partial charge in [-0.1, -0.05) is 19.9 Å². The van der Waals surface area contributed by atoms with Crippen molar-refractivity contribution in [3.63, 3.8) is 0 Å². The first kappa shape index (κ1) is 15.8. The second-order valence-electron chi connectivity index (χ2n) is 5.93. The van der Waals surface area contributed by atoms with Crippen LogP contribution in [0.5, 0.6) is 0 Å². The normalized spacial score (nSPS) is 16.3. The van der Waals surface area contributed by atoms with Gasteiger partial charge < -0.3 is 10.2 Å². The molecule has 0 spiro atoms. The van der Waals surface area contributed by atoms with Crippen LogP contribution in [-0.4, -0.2) is 60.0 Å². The molecule has 0 aromatic carbocycles. The predicted octanol–water partition coefficient (Wildman–Crippen LogP) is 1.93. The number of aromatic nitrogens is 1. The molecule has 0 aliphatic carbocycles. The molecule has 1 amide bonds. The lowest BCUT2D eigenvalue weighted by atomic mass is 10.2. The molecule has 0 radical (unpaired) electrons. The van der Waals surface area contributed by atoms with E-state index >= 15 is 0 Å². The van der Waals surface area contributed by atoms with Gasteiger partial charge in [-0.2, -0.15) is 0 Å². The Bertz CT molecular complexity index is 467. The Morgan fingerprint density at radius 2 is 2.00 bits per heavy atom.